The van der Waals surface area contributed by atoms with Crippen LogP contribution in [0.4, 0.5) is 0 Å². The molecule has 0 bridgehead atoms. The van der Waals surface area contributed by atoms with Crippen LogP contribution in [0.3, 0.4) is 0 Å². The van der Waals surface area contributed by atoms with Crippen molar-refractivity contribution < 1.29 is 9.59 Å². The van der Waals surface area contributed by atoms with Crippen LogP contribution in [0.1, 0.15) is 46.0 Å². The largest absolute Gasteiger partial charge is 0.345 e. The van der Waals surface area contributed by atoms with Crippen molar-refractivity contribution in [3.8, 4) is 0 Å². The first-order chi connectivity index (χ1) is 8.56. The number of hydrogen-bond donors (Lipinski definition) is 1. The highest BCUT2D eigenvalue weighted by molar-refractivity contribution is 5.89. The van der Waals surface area contributed by atoms with E-state index in [1.54, 1.807) is 6.92 Å². The molecule has 102 valence electrons. The van der Waals surface area contributed by atoms with E-state index in [4.69, 9.17) is 0 Å². The Morgan fingerprint density at radius 3 is 2.78 bits per heavy atom. The predicted octanol–water partition coefficient (Wildman–Crippen LogP) is 1.55. The highest BCUT2D eigenvalue weighted by Gasteiger charge is 2.29. The summed E-state index contributed by atoms with van der Waals surface area (Å²) in [4.78, 5) is 25.5. The van der Waals surface area contributed by atoms with Gasteiger partial charge in [-0.2, -0.15) is 0 Å². The predicted molar refractivity (Wildman–Crippen MR) is 69.9 cm³/mol. The first kappa shape index (κ1) is 13.4. The third kappa shape index (κ3) is 3.24. The van der Waals surface area contributed by atoms with Crippen LogP contribution < -0.4 is 5.32 Å². The Bertz CT molecular complexity index is 330. The van der Waals surface area contributed by atoms with Gasteiger partial charge in [-0.3, -0.25) is 9.59 Å². The van der Waals surface area contributed by atoms with Crippen molar-refractivity contribution in [1.29, 1.82) is 0 Å². The van der Waals surface area contributed by atoms with E-state index in [-0.39, 0.29) is 17.9 Å². The van der Waals surface area contributed by atoms with Crippen LogP contribution in [0.5, 0.6) is 0 Å². The molecule has 0 spiro atoms. The maximum absolute atomic E-state index is 12.2. The fraction of sp³-hybridized carbons (Fsp3) is 0.857. The van der Waals surface area contributed by atoms with Crippen LogP contribution in [-0.2, 0) is 9.59 Å². The summed E-state index contributed by atoms with van der Waals surface area (Å²) in [5, 5.41) is 2.74. The monoisotopic (exact) mass is 252 g/mol. The Labute approximate surface area is 109 Å². The molecule has 2 rings (SSSR count). The molecule has 0 aromatic heterocycles. The topological polar surface area (TPSA) is 49.4 Å². The molecular formula is C14H24N2O2. The van der Waals surface area contributed by atoms with Crippen molar-refractivity contribution in [1.82, 2.24) is 10.2 Å². The van der Waals surface area contributed by atoms with E-state index >= 15 is 0 Å². The van der Waals surface area contributed by atoms with E-state index in [9.17, 15) is 9.59 Å². The maximum Gasteiger partial charge on any atom is 0.244 e. The van der Waals surface area contributed by atoms with Gasteiger partial charge in [0.2, 0.25) is 11.8 Å². The van der Waals surface area contributed by atoms with Crippen molar-refractivity contribution in [3.63, 3.8) is 0 Å². The van der Waals surface area contributed by atoms with Gasteiger partial charge in [0.05, 0.1) is 0 Å². The lowest BCUT2D eigenvalue weighted by Gasteiger charge is -2.32. The molecule has 1 saturated carbocycles. The molecule has 1 aliphatic carbocycles. The number of rotatable bonds is 2. The summed E-state index contributed by atoms with van der Waals surface area (Å²) in [5.74, 6) is 1.48. The molecular weight excluding hydrogens is 228 g/mol. The fourth-order valence-electron chi connectivity index (χ4n) is 3.21. The minimum Gasteiger partial charge on any atom is -0.345 e. The number of carbonyl (C=O) groups is 2. The molecule has 0 aromatic rings. The van der Waals surface area contributed by atoms with Gasteiger partial charge < -0.3 is 10.2 Å². The van der Waals surface area contributed by atoms with Crippen LogP contribution in [-0.4, -0.2) is 35.8 Å². The average molecular weight is 252 g/mol. The van der Waals surface area contributed by atoms with Crippen molar-refractivity contribution in [2.24, 2.45) is 11.8 Å². The minimum atomic E-state index is -0.360. The SMILES string of the molecule is CC1CCCC(CN2CCC(=O)NC(C)C2=O)C1. The number of carbonyl (C=O) groups excluding carboxylic acids is 2. The van der Waals surface area contributed by atoms with Gasteiger partial charge in [-0.1, -0.05) is 19.8 Å². The van der Waals surface area contributed by atoms with Gasteiger partial charge in [0, 0.05) is 19.5 Å². The zero-order chi connectivity index (χ0) is 13.1. The van der Waals surface area contributed by atoms with E-state index in [1.807, 2.05) is 4.90 Å². The Kier molecular flexibility index (Phi) is 4.25. The molecule has 4 nitrogen and oxygen atoms in total. The Balaban J connectivity index is 1.94. The number of nitrogens with one attached hydrogen (secondary N) is 1. The third-order valence-electron chi connectivity index (χ3n) is 4.19. The smallest absolute Gasteiger partial charge is 0.244 e. The average Bonchev–Trinajstić information content (AvgIpc) is 2.43. The minimum absolute atomic E-state index is 0.00429. The van der Waals surface area contributed by atoms with Crippen molar-refractivity contribution in [3.05, 3.63) is 0 Å². The van der Waals surface area contributed by atoms with Crippen LogP contribution >= 0.6 is 0 Å². The molecule has 4 heteroatoms. The number of hydrogen-bond acceptors (Lipinski definition) is 2. The molecule has 1 aliphatic heterocycles. The van der Waals surface area contributed by atoms with Gasteiger partial charge in [-0.25, -0.2) is 0 Å². The van der Waals surface area contributed by atoms with Crippen molar-refractivity contribution in [2.75, 3.05) is 13.1 Å². The standard InChI is InChI=1S/C14H24N2O2/c1-10-4-3-5-12(8-10)9-16-7-6-13(17)15-11(2)14(16)18/h10-12H,3-9H2,1-2H3,(H,15,17). The number of amides is 2. The van der Waals surface area contributed by atoms with Crippen LogP contribution in [0.15, 0.2) is 0 Å². The quantitative estimate of drug-likeness (QED) is 0.810. The van der Waals surface area contributed by atoms with E-state index < -0.39 is 0 Å². The summed E-state index contributed by atoms with van der Waals surface area (Å²) in [5.41, 5.74) is 0. The zero-order valence-electron chi connectivity index (χ0n) is 11.4. The van der Waals surface area contributed by atoms with Crippen molar-refractivity contribution >= 4 is 11.8 Å². The Hall–Kier alpha value is -1.06. The molecule has 2 amide bonds. The molecule has 18 heavy (non-hydrogen) atoms. The Morgan fingerprint density at radius 2 is 2.06 bits per heavy atom. The highest BCUT2D eigenvalue weighted by Crippen LogP contribution is 2.29. The molecule has 3 atom stereocenters. The van der Waals surface area contributed by atoms with Gasteiger partial charge in [0.25, 0.3) is 0 Å². The lowest BCUT2D eigenvalue weighted by atomic mass is 9.82. The summed E-state index contributed by atoms with van der Waals surface area (Å²) in [6, 6.07) is -0.360. The maximum atomic E-state index is 12.2. The molecule has 0 aromatic carbocycles. The van der Waals surface area contributed by atoms with E-state index in [2.05, 4.69) is 12.2 Å². The molecule has 2 aliphatic rings. The van der Waals surface area contributed by atoms with E-state index in [0.29, 0.717) is 18.9 Å². The first-order valence-electron chi connectivity index (χ1n) is 7.14. The van der Waals surface area contributed by atoms with Gasteiger partial charge >= 0.3 is 0 Å². The molecule has 2 fully saturated rings. The Morgan fingerprint density at radius 1 is 1.28 bits per heavy atom. The van der Waals surface area contributed by atoms with Crippen LogP contribution in [0.2, 0.25) is 0 Å². The second kappa shape index (κ2) is 5.72. The summed E-state index contributed by atoms with van der Waals surface area (Å²) >= 11 is 0. The second-order valence-electron chi connectivity index (χ2n) is 5.96. The van der Waals surface area contributed by atoms with Crippen molar-refractivity contribution in [2.45, 2.75) is 52.0 Å². The second-order valence-corrected chi connectivity index (χ2v) is 5.96. The fourth-order valence-corrected chi connectivity index (χ4v) is 3.21. The molecule has 1 saturated heterocycles. The summed E-state index contributed by atoms with van der Waals surface area (Å²) in [7, 11) is 0. The lowest BCUT2D eigenvalue weighted by molar-refractivity contribution is -0.133. The number of nitrogens with zero attached hydrogens (tertiary/aromatic N) is 1. The van der Waals surface area contributed by atoms with Gasteiger partial charge in [0.1, 0.15) is 6.04 Å². The van der Waals surface area contributed by atoms with Gasteiger partial charge in [0.15, 0.2) is 0 Å². The summed E-state index contributed by atoms with van der Waals surface area (Å²) in [6.45, 7) is 5.49. The van der Waals surface area contributed by atoms with Crippen LogP contribution in [0.25, 0.3) is 0 Å². The lowest BCUT2D eigenvalue weighted by Crippen LogP contribution is -2.44. The molecule has 1 N–H and O–H groups in total. The molecule has 1 heterocycles. The zero-order valence-corrected chi connectivity index (χ0v) is 11.4. The van der Waals surface area contributed by atoms with Gasteiger partial charge in [-0.05, 0) is 31.6 Å². The van der Waals surface area contributed by atoms with Gasteiger partial charge in [-0.15, -0.1) is 0 Å². The summed E-state index contributed by atoms with van der Waals surface area (Å²) in [6.07, 6.45) is 5.49. The van der Waals surface area contributed by atoms with E-state index in [1.165, 1.54) is 25.7 Å². The molecule has 0 radical (unpaired) electrons. The normalized spacial score (nSPS) is 34.1. The van der Waals surface area contributed by atoms with Crippen LogP contribution in [0, 0.1) is 11.8 Å². The van der Waals surface area contributed by atoms with E-state index in [0.717, 1.165) is 12.5 Å². The summed E-state index contributed by atoms with van der Waals surface area (Å²) < 4.78 is 0. The first-order valence-corrected chi connectivity index (χ1v) is 7.14. The highest BCUT2D eigenvalue weighted by atomic mass is 16.2. The third-order valence-corrected chi connectivity index (χ3v) is 4.19. The molecule has 3 unspecified atom stereocenters.